The Bertz CT molecular complexity index is 515. The van der Waals surface area contributed by atoms with Crippen LogP contribution in [0.3, 0.4) is 0 Å². The third kappa shape index (κ3) is 2.94. The van der Waals surface area contributed by atoms with Gasteiger partial charge in [0.25, 0.3) is 0 Å². The van der Waals surface area contributed by atoms with Crippen molar-refractivity contribution in [2.45, 2.75) is 13.8 Å². The number of Topliss-reactive ketones (excluding diaryl/α,β-unsaturated/α-hetero) is 1. The highest BCUT2D eigenvalue weighted by Gasteiger charge is 2.07. The minimum Gasteiger partial charge on any atom is -0.485 e. The van der Waals surface area contributed by atoms with Crippen LogP contribution in [0, 0.1) is 13.8 Å². The molecule has 1 heterocycles. The lowest BCUT2D eigenvalue weighted by atomic mass is 10.1. The number of aryl methyl sites for hydroxylation is 2. The van der Waals surface area contributed by atoms with Gasteiger partial charge in [0.05, 0.1) is 4.88 Å². The fourth-order valence-corrected chi connectivity index (χ4v) is 2.11. The molecule has 0 atom stereocenters. The van der Waals surface area contributed by atoms with E-state index in [0.717, 1.165) is 10.6 Å². The van der Waals surface area contributed by atoms with Gasteiger partial charge in [0.15, 0.2) is 6.61 Å². The predicted molar refractivity (Wildman–Crippen MR) is 70.1 cm³/mol. The monoisotopic (exact) mass is 246 g/mol. The Kier molecular flexibility index (Phi) is 3.59. The number of carbonyl (C=O) groups excluding carboxylic acids is 1. The maximum absolute atomic E-state index is 11.7. The van der Waals surface area contributed by atoms with Gasteiger partial charge in [-0.15, -0.1) is 11.3 Å². The molecule has 1 aromatic carbocycles. The average Bonchev–Trinajstić information content (AvgIpc) is 2.84. The number of thiophene rings is 1. The van der Waals surface area contributed by atoms with E-state index in [-0.39, 0.29) is 12.4 Å². The second kappa shape index (κ2) is 5.15. The summed E-state index contributed by atoms with van der Waals surface area (Å²) < 4.78 is 5.48. The van der Waals surface area contributed by atoms with Gasteiger partial charge in [-0.25, -0.2) is 0 Å². The summed E-state index contributed by atoms with van der Waals surface area (Å²) in [7, 11) is 0. The van der Waals surface area contributed by atoms with Crippen molar-refractivity contribution in [3.63, 3.8) is 0 Å². The summed E-state index contributed by atoms with van der Waals surface area (Å²) in [6.45, 7) is 4.18. The molecular weight excluding hydrogens is 232 g/mol. The molecule has 0 aliphatic heterocycles. The molecule has 0 saturated carbocycles. The van der Waals surface area contributed by atoms with Gasteiger partial charge in [0.1, 0.15) is 5.75 Å². The van der Waals surface area contributed by atoms with E-state index in [1.807, 2.05) is 42.6 Å². The summed E-state index contributed by atoms with van der Waals surface area (Å²) in [5.74, 6) is 0.774. The van der Waals surface area contributed by atoms with Gasteiger partial charge in [-0.3, -0.25) is 4.79 Å². The summed E-state index contributed by atoms with van der Waals surface area (Å²) in [5, 5.41) is 1.89. The van der Waals surface area contributed by atoms with Crippen LogP contribution in [0.4, 0.5) is 0 Å². The van der Waals surface area contributed by atoms with Gasteiger partial charge in [0, 0.05) is 0 Å². The third-order valence-electron chi connectivity index (χ3n) is 2.64. The van der Waals surface area contributed by atoms with Crippen LogP contribution in [0.2, 0.25) is 0 Å². The van der Waals surface area contributed by atoms with Crippen LogP contribution < -0.4 is 4.74 Å². The van der Waals surface area contributed by atoms with Crippen LogP contribution in [-0.4, -0.2) is 12.4 Å². The van der Waals surface area contributed by atoms with Gasteiger partial charge >= 0.3 is 0 Å². The molecule has 2 nitrogen and oxygen atoms in total. The second-order valence-corrected chi connectivity index (χ2v) is 4.88. The standard InChI is InChI=1S/C14H14O2S/c1-10-5-6-12(8-11(10)2)16-9-13(15)14-4-3-7-17-14/h3-8H,9H2,1-2H3. The molecule has 0 aliphatic carbocycles. The Morgan fingerprint density at radius 1 is 1.24 bits per heavy atom. The topological polar surface area (TPSA) is 26.3 Å². The van der Waals surface area contributed by atoms with E-state index in [1.54, 1.807) is 0 Å². The van der Waals surface area contributed by atoms with Gasteiger partial charge in [-0.05, 0) is 48.6 Å². The molecule has 2 rings (SSSR count). The van der Waals surface area contributed by atoms with Crippen molar-refractivity contribution in [1.29, 1.82) is 0 Å². The summed E-state index contributed by atoms with van der Waals surface area (Å²) in [6.07, 6.45) is 0. The molecular formula is C14H14O2S. The number of hydrogen-bond acceptors (Lipinski definition) is 3. The largest absolute Gasteiger partial charge is 0.485 e. The van der Waals surface area contributed by atoms with Gasteiger partial charge in [0.2, 0.25) is 5.78 Å². The maximum atomic E-state index is 11.7. The molecule has 0 aliphatic rings. The second-order valence-electron chi connectivity index (χ2n) is 3.94. The van der Waals surface area contributed by atoms with E-state index < -0.39 is 0 Å². The summed E-state index contributed by atoms with van der Waals surface area (Å²) in [4.78, 5) is 12.5. The van der Waals surface area contributed by atoms with Crippen LogP contribution in [-0.2, 0) is 0 Å². The fourth-order valence-electron chi connectivity index (χ4n) is 1.46. The van der Waals surface area contributed by atoms with Crippen molar-refractivity contribution in [2.24, 2.45) is 0 Å². The molecule has 0 bridgehead atoms. The summed E-state index contributed by atoms with van der Waals surface area (Å²) >= 11 is 1.44. The molecule has 88 valence electrons. The number of hydrogen-bond donors (Lipinski definition) is 0. The predicted octanol–water partition coefficient (Wildman–Crippen LogP) is 3.63. The molecule has 0 saturated heterocycles. The highest BCUT2D eigenvalue weighted by Crippen LogP contribution is 2.17. The smallest absolute Gasteiger partial charge is 0.210 e. The zero-order valence-corrected chi connectivity index (χ0v) is 10.7. The van der Waals surface area contributed by atoms with E-state index in [9.17, 15) is 4.79 Å². The lowest BCUT2D eigenvalue weighted by Crippen LogP contribution is -2.10. The first-order valence-corrected chi connectivity index (χ1v) is 6.31. The first kappa shape index (κ1) is 11.9. The lowest BCUT2D eigenvalue weighted by Gasteiger charge is -2.07. The van der Waals surface area contributed by atoms with E-state index in [1.165, 1.54) is 22.5 Å². The Labute approximate surface area is 105 Å². The highest BCUT2D eigenvalue weighted by molar-refractivity contribution is 7.12. The third-order valence-corrected chi connectivity index (χ3v) is 3.56. The lowest BCUT2D eigenvalue weighted by molar-refractivity contribution is 0.0925. The first-order valence-electron chi connectivity index (χ1n) is 5.43. The fraction of sp³-hybridized carbons (Fsp3) is 0.214. The average molecular weight is 246 g/mol. The molecule has 0 unspecified atom stereocenters. The van der Waals surface area contributed by atoms with Crippen LogP contribution in [0.25, 0.3) is 0 Å². The highest BCUT2D eigenvalue weighted by atomic mass is 32.1. The number of ether oxygens (including phenoxy) is 1. The van der Waals surface area contributed by atoms with Crippen molar-refractivity contribution in [3.05, 3.63) is 51.7 Å². The molecule has 0 amide bonds. The Morgan fingerprint density at radius 2 is 2.06 bits per heavy atom. The van der Waals surface area contributed by atoms with E-state index in [4.69, 9.17) is 4.74 Å². The molecule has 3 heteroatoms. The summed E-state index contributed by atoms with van der Waals surface area (Å²) in [5.41, 5.74) is 2.40. The minimum atomic E-state index is 0.0261. The van der Waals surface area contributed by atoms with Crippen molar-refractivity contribution < 1.29 is 9.53 Å². The minimum absolute atomic E-state index is 0.0261. The van der Waals surface area contributed by atoms with Gasteiger partial charge in [-0.1, -0.05) is 12.1 Å². The Balaban J connectivity index is 1.98. The Hall–Kier alpha value is -1.61. The number of carbonyl (C=O) groups is 1. The molecule has 0 fully saturated rings. The van der Waals surface area contributed by atoms with Crippen molar-refractivity contribution in [1.82, 2.24) is 0 Å². The van der Waals surface area contributed by atoms with E-state index in [2.05, 4.69) is 6.92 Å². The SMILES string of the molecule is Cc1ccc(OCC(=O)c2cccs2)cc1C. The first-order chi connectivity index (χ1) is 8.16. The van der Waals surface area contributed by atoms with Crippen LogP contribution in [0.1, 0.15) is 20.8 Å². The molecule has 2 aromatic rings. The van der Waals surface area contributed by atoms with Crippen LogP contribution >= 0.6 is 11.3 Å². The van der Waals surface area contributed by atoms with Crippen LogP contribution in [0.15, 0.2) is 35.7 Å². The molecule has 0 spiro atoms. The molecule has 0 N–H and O–H groups in total. The van der Waals surface area contributed by atoms with Gasteiger partial charge in [-0.2, -0.15) is 0 Å². The molecule has 1 aromatic heterocycles. The van der Waals surface area contributed by atoms with Crippen molar-refractivity contribution in [3.8, 4) is 5.75 Å². The maximum Gasteiger partial charge on any atom is 0.210 e. The zero-order chi connectivity index (χ0) is 12.3. The zero-order valence-electron chi connectivity index (χ0n) is 9.90. The van der Waals surface area contributed by atoms with Crippen molar-refractivity contribution >= 4 is 17.1 Å². The quantitative estimate of drug-likeness (QED) is 0.770. The number of rotatable bonds is 4. The van der Waals surface area contributed by atoms with E-state index in [0.29, 0.717) is 0 Å². The molecule has 17 heavy (non-hydrogen) atoms. The van der Waals surface area contributed by atoms with E-state index >= 15 is 0 Å². The number of benzene rings is 1. The van der Waals surface area contributed by atoms with Crippen molar-refractivity contribution in [2.75, 3.05) is 6.61 Å². The molecule has 0 radical (unpaired) electrons. The Morgan fingerprint density at radius 3 is 2.71 bits per heavy atom. The normalized spacial score (nSPS) is 10.2. The number of ketones is 1. The van der Waals surface area contributed by atoms with Gasteiger partial charge < -0.3 is 4.74 Å². The summed E-state index contributed by atoms with van der Waals surface area (Å²) in [6, 6.07) is 9.53. The van der Waals surface area contributed by atoms with Crippen LogP contribution in [0.5, 0.6) is 5.75 Å².